The Morgan fingerprint density at radius 2 is 1.73 bits per heavy atom. The monoisotopic (exact) mass is 213 g/mol. The van der Waals surface area contributed by atoms with Crippen molar-refractivity contribution in [1.82, 2.24) is 0 Å². The molecule has 0 radical (unpaired) electrons. The van der Waals surface area contributed by atoms with Gasteiger partial charge in [-0.2, -0.15) is 0 Å². The van der Waals surface area contributed by atoms with E-state index in [1.807, 2.05) is 6.92 Å². The minimum atomic E-state index is 0.104. The van der Waals surface area contributed by atoms with Crippen molar-refractivity contribution >= 4 is 0 Å². The number of hydrogen-bond donors (Lipinski definition) is 1. The second kappa shape index (κ2) is 5.31. The van der Waals surface area contributed by atoms with Crippen molar-refractivity contribution in [1.29, 1.82) is 0 Å². The second-order valence-corrected chi connectivity index (χ2v) is 5.83. The van der Waals surface area contributed by atoms with Crippen molar-refractivity contribution < 1.29 is 4.74 Å². The average molecular weight is 213 g/mol. The molecule has 0 aromatic rings. The van der Waals surface area contributed by atoms with Crippen LogP contribution in [0.5, 0.6) is 0 Å². The van der Waals surface area contributed by atoms with Crippen LogP contribution in [0.15, 0.2) is 0 Å². The van der Waals surface area contributed by atoms with Gasteiger partial charge in [-0.25, -0.2) is 0 Å². The zero-order valence-corrected chi connectivity index (χ0v) is 10.6. The fraction of sp³-hybridized carbons (Fsp3) is 1.00. The van der Waals surface area contributed by atoms with Crippen LogP contribution >= 0.6 is 0 Å². The number of rotatable bonds is 5. The minimum Gasteiger partial charge on any atom is -0.382 e. The van der Waals surface area contributed by atoms with Gasteiger partial charge in [-0.1, -0.05) is 13.8 Å². The fourth-order valence-electron chi connectivity index (χ4n) is 2.35. The van der Waals surface area contributed by atoms with Gasteiger partial charge in [-0.3, -0.25) is 0 Å². The zero-order valence-electron chi connectivity index (χ0n) is 10.6. The standard InChI is InChI=1S/C13H27NO/c1-4-15-11-5-6-13(14)9-7-12(2,3)8-10-13/h4-11,14H2,1-3H3. The van der Waals surface area contributed by atoms with E-state index in [9.17, 15) is 0 Å². The Morgan fingerprint density at radius 3 is 2.27 bits per heavy atom. The highest BCUT2D eigenvalue weighted by Crippen LogP contribution is 2.40. The average Bonchev–Trinajstić information content (AvgIpc) is 2.19. The van der Waals surface area contributed by atoms with Gasteiger partial charge in [0.2, 0.25) is 0 Å². The minimum absolute atomic E-state index is 0.104. The normalized spacial score (nSPS) is 24.0. The van der Waals surface area contributed by atoms with Gasteiger partial charge >= 0.3 is 0 Å². The number of nitrogens with two attached hydrogens (primary N) is 1. The van der Waals surface area contributed by atoms with Crippen molar-refractivity contribution in [3.05, 3.63) is 0 Å². The summed E-state index contributed by atoms with van der Waals surface area (Å²) in [4.78, 5) is 0. The third-order valence-corrected chi connectivity index (χ3v) is 3.77. The molecule has 1 aliphatic rings. The molecule has 0 unspecified atom stereocenters. The number of hydrogen-bond acceptors (Lipinski definition) is 2. The van der Waals surface area contributed by atoms with E-state index in [0.717, 1.165) is 26.1 Å². The van der Waals surface area contributed by atoms with Crippen LogP contribution in [-0.4, -0.2) is 18.8 Å². The maximum atomic E-state index is 6.41. The lowest BCUT2D eigenvalue weighted by atomic mass is 9.68. The van der Waals surface area contributed by atoms with E-state index in [0.29, 0.717) is 5.41 Å². The van der Waals surface area contributed by atoms with Crippen LogP contribution in [0.3, 0.4) is 0 Å². The lowest BCUT2D eigenvalue weighted by Crippen LogP contribution is -2.45. The molecule has 0 heterocycles. The van der Waals surface area contributed by atoms with Crippen molar-refractivity contribution in [2.45, 2.75) is 64.8 Å². The molecule has 2 N–H and O–H groups in total. The Hall–Kier alpha value is -0.0800. The van der Waals surface area contributed by atoms with Crippen LogP contribution in [0.4, 0.5) is 0 Å². The third-order valence-electron chi connectivity index (χ3n) is 3.77. The summed E-state index contributed by atoms with van der Waals surface area (Å²) < 4.78 is 5.35. The van der Waals surface area contributed by atoms with Crippen LogP contribution in [0.1, 0.15) is 59.3 Å². The SMILES string of the molecule is CCOCCCC1(N)CCC(C)(C)CC1. The molecule has 0 aliphatic heterocycles. The Labute approximate surface area is 94.6 Å². The van der Waals surface area contributed by atoms with Gasteiger partial charge < -0.3 is 10.5 Å². The fourth-order valence-corrected chi connectivity index (χ4v) is 2.35. The highest BCUT2D eigenvalue weighted by Gasteiger charge is 2.34. The summed E-state index contributed by atoms with van der Waals surface area (Å²) in [5.74, 6) is 0. The van der Waals surface area contributed by atoms with E-state index in [1.54, 1.807) is 0 Å². The molecule has 2 nitrogen and oxygen atoms in total. The van der Waals surface area contributed by atoms with Gasteiger partial charge in [0.1, 0.15) is 0 Å². The first-order chi connectivity index (χ1) is 6.97. The summed E-state index contributed by atoms with van der Waals surface area (Å²) in [7, 11) is 0. The van der Waals surface area contributed by atoms with Crippen LogP contribution in [0.2, 0.25) is 0 Å². The molecule has 0 aromatic carbocycles. The molecule has 0 atom stereocenters. The summed E-state index contributed by atoms with van der Waals surface area (Å²) in [6.45, 7) is 8.45. The molecular formula is C13H27NO. The molecule has 1 rings (SSSR count). The summed E-state index contributed by atoms with van der Waals surface area (Å²) in [6.07, 6.45) is 7.17. The topological polar surface area (TPSA) is 35.2 Å². The van der Waals surface area contributed by atoms with Crippen molar-refractivity contribution in [2.75, 3.05) is 13.2 Å². The van der Waals surface area contributed by atoms with Crippen LogP contribution < -0.4 is 5.73 Å². The van der Waals surface area contributed by atoms with Gasteiger partial charge in [0.25, 0.3) is 0 Å². The highest BCUT2D eigenvalue weighted by atomic mass is 16.5. The molecule has 0 amide bonds. The Kier molecular flexibility index (Phi) is 4.60. The van der Waals surface area contributed by atoms with Crippen LogP contribution in [0, 0.1) is 5.41 Å². The molecule has 1 fully saturated rings. The Bertz CT molecular complexity index is 179. The molecular weight excluding hydrogens is 186 g/mol. The molecule has 1 saturated carbocycles. The summed E-state index contributed by atoms with van der Waals surface area (Å²) >= 11 is 0. The van der Waals surface area contributed by atoms with Gasteiger partial charge in [-0.05, 0) is 50.9 Å². The lowest BCUT2D eigenvalue weighted by molar-refractivity contribution is 0.117. The smallest absolute Gasteiger partial charge is 0.0466 e. The Balaban J connectivity index is 2.23. The highest BCUT2D eigenvalue weighted by molar-refractivity contribution is 4.92. The van der Waals surface area contributed by atoms with Gasteiger partial charge in [0, 0.05) is 18.8 Å². The third kappa shape index (κ3) is 4.52. The van der Waals surface area contributed by atoms with Gasteiger partial charge in [0.05, 0.1) is 0 Å². The van der Waals surface area contributed by atoms with E-state index >= 15 is 0 Å². The van der Waals surface area contributed by atoms with Crippen molar-refractivity contribution in [3.8, 4) is 0 Å². The molecule has 0 aromatic heterocycles. The van der Waals surface area contributed by atoms with Crippen molar-refractivity contribution in [3.63, 3.8) is 0 Å². The second-order valence-electron chi connectivity index (χ2n) is 5.83. The summed E-state index contributed by atoms with van der Waals surface area (Å²) in [5.41, 5.74) is 7.03. The molecule has 0 bridgehead atoms. The lowest BCUT2D eigenvalue weighted by Gasteiger charge is -2.41. The summed E-state index contributed by atoms with van der Waals surface area (Å²) in [6, 6.07) is 0. The zero-order chi connectivity index (χ0) is 11.4. The van der Waals surface area contributed by atoms with E-state index in [2.05, 4.69) is 13.8 Å². The maximum Gasteiger partial charge on any atom is 0.0466 e. The van der Waals surface area contributed by atoms with E-state index in [-0.39, 0.29) is 5.54 Å². The Morgan fingerprint density at radius 1 is 1.13 bits per heavy atom. The maximum absolute atomic E-state index is 6.41. The van der Waals surface area contributed by atoms with Gasteiger partial charge in [0.15, 0.2) is 0 Å². The van der Waals surface area contributed by atoms with Crippen molar-refractivity contribution in [2.24, 2.45) is 11.1 Å². The number of ether oxygens (including phenoxy) is 1. The summed E-state index contributed by atoms with van der Waals surface area (Å²) in [5, 5.41) is 0. The molecule has 1 aliphatic carbocycles. The first-order valence-electron chi connectivity index (χ1n) is 6.34. The quantitative estimate of drug-likeness (QED) is 0.712. The van der Waals surface area contributed by atoms with Crippen LogP contribution in [0.25, 0.3) is 0 Å². The van der Waals surface area contributed by atoms with E-state index in [4.69, 9.17) is 10.5 Å². The molecule has 2 heteroatoms. The molecule has 15 heavy (non-hydrogen) atoms. The predicted molar refractivity (Wildman–Crippen MR) is 64.9 cm³/mol. The first kappa shape index (κ1) is 13.0. The molecule has 0 spiro atoms. The van der Waals surface area contributed by atoms with Crippen LogP contribution in [-0.2, 0) is 4.74 Å². The van der Waals surface area contributed by atoms with E-state index < -0.39 is 0 Å². The first-order valence-corrected chi connectivity index (χ1v) is 6.34. The largest absolute Gasteiger partial charge is 0.382 e. The van der Waals surface area contributed by atoms with E-state index in [1.165, 1.54) is 25.7 Å². The predicted octanol–water partition coefficient (Wildman–Crippen LogP) is 3.10. The van der Waals surface area contributed by atoms with Gasteiger partial charge in [-0.15, -0.1) is 0 Å². The molecule has 90 valence electrons. The molecule has 0 saturated heterocycles.